The Morgan fingerprint density at radius 3 is 3.13 bits per heavy atom. The summed E-state index contributed by atoms with van der Waals surface area (Å²) in [6.07, 6.45) is 2.89. The molecule has 15 heavy (non-hydrogen) atoms. The molecule has 1 aromatic heterocycles. The number of alkyl halides is 1. The fourth-order valence-electron chi connectivity index (χ4n) is 0.869. The minimum absolute atomic E-state index is 0.158. The number of hydrogen-bond donors (Lipinski definition) is 1. The molecule has 0 saturated carbocycles. The number of hydrogen-bond acceptors (Lipinski definition) is 5. The summed E-state index contributed by atoms with van der Waals surface area (Å²) < 4.78 is 17.8. The first-order chi connectivity index (χ1) is 7.15. The average Bonchev–Trinajstić information content (AvgIpc) is 2.21. The van der Waals surface area contributed by atoms with Gasteiger partial charge in [0.15, 0.2) is 0 Å². The van der Waals surface area contributed by atoms with Gasteiger partial charge in [-0.2, -0.15) is 0 Å². The van der Waals surface area contributed by atoms with Gasteiger partial charge in [0, 0.05) is 11.1 Å². The largest absolute Gasteiger partial charge is 0.463 e. The molecule has 1 atom stereocenters. The molecule has 0 saturated heterocycles. The van der Waals surface area contributed by atoms with Gasteiger partial charge in [0.2, 0.25) is 5.50 Å². The smallest absolute Gasteiger partial charge is 0.351 e. The van der Waals surface area contributed by atoms with E-state index in [0.717, 1.165) is 0 Å². The van der Waals surface area contributed by atoms with Crippen molar-refractivity contribution >= 4 is 23.4 Å². The van der Waals surface area contributed by atoms with Crippen molar-refractivity contribution < 1.29 is 13.9 Å². The van der Waals surface area contributed by atoms with E-state index >= 15 is 0 Å². The summed E-state index contributed by atoms with van der Waals surface area (Å²) in [5.74, 6) is -0.890. The summed E-state index contributed by atoms with van der Waals surface area (Å²) in [5, 5.41) is 0. The lowest BCUT2D eigenvalue weighted by atomic mass is 10.4. The van der Waals surface area contributed by atoms with Crippen LogP contribution in [0.2, 0.25) is 0 Å². The van der Waals surface area contributed by atoms with Gasteiger partial charge in [-0.15, -0.1) is 0 Å². The average molecular weight is 230 g/mol. The number of nitrogens with zero attached hydrogens (tertiary/aromatic N) is 1. The highest BCUT2D eigenvalue weighted by atomic mass is 32.2. The van der Waals surface area contributed by atoms with Crippen LogP contribution in [0.25, 0.3) is 0 Å². The van der Waals surface area contributed by atoms with Crippen molar-refractivity contribution in [2.75, 3.05) is 12.3 Å². The number of thioether (sulfide) groups is 1. The first kappa shape index (κ1) is 11.8. The quantitative estimate of drug-likeness (QED) is 0.629. The van der Waals surface area contributed by atoms with Gasteiger partial charge in [-0.25, -0.2) is 9.18 Å². The van der Waals surface area contributed by atoms with Crippen LogP contribution in [0.5, 0.6) is 0 Å². The van der Waals surface area contributed by atoms with Crippen LogP contribution in [0.1, 0.15) is 6.92 Å². The number of esters is 1. The van der Waals surface area contributed by atoms with Crippen molar-refractivity contribution in [3.63, 3.8) is 0 Å². The predicted octanol–water partition coefficient (Wildman–Crippen LogP) is 1.61. The molecule has 0 bridgehead atoms. The molecule has 1 aromatic rings. The zero-order chi connectivity index (χ0) is 11.3. The number of rotatable bonds is 4. The van der Waals surface area contributed by atoms with Crippen LogP contribution in [0.3, 0.4) is 0 Å². The van der Waals surface area contributed by atoms with E-state index in [9.17, 15) is 9.18 Å². The zero-order valence-corrected chi connectivity index (χ0v) is 8.96. The molecule has 0 aliphatic carbocycles. The number of carbonyl (C=O) groups is 1. The molecule has 1 unspecified atom stereocenters. The number of pyridine rings is 1. The Bertz CT molecular complexity index is 349. The number of ether oxygens (including phenoxy) is 1. The zero-order valence-electron chi connectivity index (χ0n) is 8.14. The summed E-state index contributed by atoms with van der Waals surface area (Å²) in [6.45, 7) is 1.78. The lowest BCUT2D eigenvalue weighted by molar-refractivity contribution is -0.145. The molecular formula is C9H11FN2O2S. The minimum Gasteiger partial charge on any atom is -0.463 e. The van der Waals surface area contributed by atoms with E-state index in [1.165, 1.54) is 12.4 Å². The summed E-state index contributed by atoms with van der Waals surface area (Å²) in [4.78, 5) is 15.2. The van der Waals surface area contributed by atoms with Crippen molar-refractivity contribution in [1.29, 1.82) is 0 Å². The first-order valence-electron chi connectivity index (χ1n) is 4.32. The van der Waals surface area contributed by atoms with E-state index in [0.29, 0.717) is 22.3 Å². The molecule has 0 aliphatic rings. The van der Waals surface area contributed by atoms with Crippen LogP contribution in [0.4, 0.5) is 10.1 Å². The Morgan fingerprint density at radius 1 is 1.80 bits per heavy atom. The van der Waals surface area contributed by atoms with E-state index in [4.69, 9.17) is 5.73 Å². The van der Waals surface area contributed by atoms with Crippen molar-refractivity contribution in [1.82, 2.24) is 4.98 Å². The third kappa shape index (κ3) is 3.39. The van der Waals surface area contributed by atoms with E-state index < -0.39 is 11.5 Å². The second-order valence-electron chi connectivity index (χ2n) is 2.60. The van der Waals surface area contributed by atoms with Crippen LogP contribution in [-0.4, -0.2) is 23.1 Å². The van der Waals surface area contributed by atoms with Crippen LogP contribution < -0.4 is 5.73 Å². The van der Waals surface area contributed by atoms with E-state index in [1.54, 1.807) is 13.0 Å². The Kier molecular flexibility index (Phi) is 4.36. The van der Waals surface area contributed by atoms with Gasteiger partial charge < -0.3 is 10.5 Å². The molecule has 4 nitrogen and oxygen atoms in total. The molecule has 0 aromatic carbocycles. The molecule has 82 valence electrons. The van der Waals surface area contributed by atoms with Crippen molar-refractivity contribution in [3.05, 3.63) is 18.5 Å². The van der Waals surface area contributed by atoms with E-state index in [-0.39, 0.29) is 6.61 Å². The van der Waals surface area contributed by atoms with E-state index in [2.05, 4.69) is 9.72 Å². The minimum atomic E-state index is -1.75. The maximum Gasteiger partial charge on any atom is 0.351 e. The third-order valence-corrected chi connectivity index (χ3v) is 2.54. The maximum absolute atomic E-state index is 13.3. The predicted molar refractivity (Wildman–Crippen MR) is 56.0 cm³/mol. The molecule has 2 N–H and O–H groups in total. The number of nitrogen functional groups attached to an aromatic ring is 1. The van der Waals surface area contributed by atoms with Crippen molar-refractivity contribution in [2.45, 2.75) is 17.3 Å². The fraction of sp³-hybridized carbons (Fsp3) is 0.333. The highest BCUT2D eigenvalue weighted by Gasteiger charge is 2.20. The third-order valence-electron chi connectivity index (χ3n) is 1.51. The Morgan fingerprint density at radius 2 is 2.53 bits per heavy atom. The summed E-state index contributed by atoms with van der Waals surface area (Å²) in [5.41, 5.74) is 4.13. The summed E-state index contributed by atoms with van der Waals surface area (Å²) in [7, 11) is 0. The normalized spacial score (nSPS) is 12.1. The SMILES string of the molecule is CCOC(=O)C(F)Sc1ccncc1N. The Hall–Kier alpha value is -1.30. The second kappa shape index (κ2) is 5.55. The van der Waals surface area contributed by atoms with Crippen molar-refractivity contribution in [2.24, 2.45) is 0 Å². The number of nitrogens with two attached hydrogens (primary N) is 1. The molecule has 0 radical (unpaired) electrons. The van der Waals surface area contributed by atoms with Crippen LogP contribution in [0, 0.1) is 0 Å². The Labute approximate surface area is 91.0 Å². The molecule has 1 heterocycles. The molecule has 0 amide bonds. The molecule has 0 aliphatic heterocycles. The van der Waals surface area contributed by atoms with Gasteiger partial charge in [0.25, 0.3) is 0 Å². The number of carbonyl (C=O) groups excluding carboxylic acids is 1. The molecule has 1 rings (SSSR count). The number of halogens is 1. The standard InChI is InChI=1S/C9H11FN2O2S/c1-2-14-9(13)8(10)15-7-3-4-12-5-6(7)11/h3-5,8H,2,11H2,1H3. The first-order valence-corrected chi connectivity index (χ1v) is 5.20. The summed E-state index contributed by atoms with van der Waals surface area (Å²) >= 11 is 0.712. The van der Waals surface area contributed by atoms with E-state index in [1.807, 2.05) is 0 Å². The van der Waals surface area contributed by atoms with Crippen LogP contribution in [-0.2, 0) is 9.53 Å². The number of anilines is 1. The lowest BCUT2D eigenvalue weighted by Crippen LogP contribution is -2.15. The Balaban J connectivity index is 2.62. The number of aromatic nitrogens is 1. The highest BCUT2D eigenvalue weighted by molar-refractivity contribution is 8.00. The van der Waals surface area contributed by atoms with Gasteiger partial charge in [0.05, 0.1) is 18.5 Å². The molecule has 0 spiro atoms. The monoisotopic (exact) mass is 230 g/mol. The van der Waals surface area contributed by atoms with Gasteiger partial charge in [-0.05, 0) is 13.0 Å². The highest BCUT2D eigenvalue weighted by Crippen LogP contribution is 2.29. The topological polar surface area (TPSA) is 65.2 Å². The molecular weight excluding hydrogens is 219 g/mol. The fourth-order valence-corrected chi connectivity index (χ4v) is 1.58. The van der Waals surface area contributed by atoms with Gasteiger partial charge >= 0.3 is 5.97 Å². The van der Waals surface area contributed by atoms with Gasteiger partial charge in [0.1, 0.15) is 0 Å². The van der Waals surface area contributed by atoms with Crippen molar-refractivity contribution in [3.8, 4) is 0 Å². The van der Waals surface area contributed by atoms with Crippen LogP contribution in [0.15, 0.2) is 23.4 Å². The molecule has 0 fully saturated rings. The second-order valence-corrected chi connectivity index (χ2v) is 3.69. The summed E-state index contributed by atoms with van der Waals surface area (Å²) in [6, 6.07) is 1.55. The van der Waals surface area contributed by atoms with Gasteiger partial charge in [-0.1, -0.05) is 11.8 Å². The maximum atomic E-state index is 13.3. The molecule has 6 heteroatoms. The van der Waals surface area contributed by atoms with Crippen LogP contribution >= 0.6 is 11.8 Å². The van der Waals surface area contributed by atoms with Gasteiger partial charge in [-0.3, -0.25) is 4.98 Å². The lowest BCUT2D eigenvalue weighted by Gasteiger charge is -2.08.